The van der Waals surface area contributed by atoms with Gasteiger partial charge >= 0.3 is 0 Å². The molecule has 0 aliphatic rings. The number of nitro benzene ring substituents is 1. The van der Waals surface area contributed by atoms with E-state index in [0.717, 1.165) is 12.1 Å². The third kappa shape index (κ3) is 2.61. The summed E-state index contributed by atoms with van der Waals surface area (Å²) in [5, 5.41) is 19.5. The van der Waals surface area contributed by atoms with Crippen LogP contribution in [0.25, 0.3) is 0 Å². The largest absolute Gasteiger partial charge is 0.505 e. The number of phenolic OH excluding ortho intramolecular Hbond substituents is 1. The van der Waals surface area contributed by atoms with Gasteiger partial charge in [0.1, 0.15) is 0 Å². The van der Waals surface area contributed by atoms with Gasteiger partial charge in [-0.1, -0.05) is 0 Å². The van der Waals surface area contributed by atoms with Gasteiger partial charge in [0.05, 0.1) is 16.9 Å². The smallest absolute Gasteiger partial charge is 0.276 e. The van der Waals surface area contributed by atoms with Crippen molar-refractivity contribution in [3.05, 3.63) is 33.6 Å². The van der Waals surface area contributed by atoms with Crippen LogP contribution in [0.4, 0.5) is 10.1 Å². The van der Waals surface area contributed by atoms with Gasteiger partial charge in [-0.25, -0.2) is 4.39 Å². The molecule has 0 aliphatic carbocycles. The van der Waals surface area contributed by atoms with E-state index in [0.29, 0.717) is 0 Å². The molecule has 0 fully saturated rings. The lowest BCUT2D eigenvalue weighted by Gasteiger charge is -2.03. The maximum absolute atomic E-state index is 13.3. The van der Waals surface area contributed by atoms with Gasteiger partial charge < -0.3 is 5.11 Å². The number of hydrogen-bond acceptors (Lipinski definition) is 4. The summed E-state index contributed by atoms with van der Waals surface area (Å²) in [4.78, 5) is 20.5. The molecule has 1 N–H and O–H groups in total. The molecule has 0 aromatic heterocycles. The molecular weight excluding hydrogens is 320 g/mol. The molecule has 0 bridgehead atoms. The molecule has 7 heteroatoms. The molecule has 0 aliphatic heterocycles. The van der Waals surface area contributed by atoms with E-state index < -0.39 is 32.4 Å². The van der Waals surface area contributed by atoms with Crippen molar-refractivity contribution in [1.29, 1.82) is 0 Å². The first kappa shape index (κ1) is 11.8. The van der Waals surface area contributed by atoms with Crippen LogP contribution in [0.5, 0.6) is 5.75 Å². The topological polar surface area (TPSA) is 80.4 Å². The van der Waals surface area contributed by atoms with Gasteiger partial charge in [-0.3, -0.25) is 14.9 Å². The molecule has 0 atom stereocenters. The molecule has 15 heavy (non-hydrogen) atoms. The van der Waals surface area contributed by atoms with Crippen LogP contribution in [0.1, 0.15) is 5.56 Å². The van der Waals surface area contributed by atoms with Crippen molar-refractivity contribution in [2.24, 2.45) is 0 Å². The summed E-state index contributed by atoms with van der Waals surface area (Å²) in [6, 6.07) is 1.85. The summed E-state index contributed by atoms with van der Waals surface area (Å²) in [5.74, 6) is -1.82. The van der Waals surface area contributed by atoms with E-state index in [9.17, 15) is 19.3 Å². The summed E-state index contributed by atoms with van der Waals surface area (Å²) in [5.41, 5.74) is -0.894. The zero-order valence-electron chi connectivity index (χ0n) is 7.24. The number of carbonyl (C=O) groups is 1. The van der Waals surface area contributed by atoms with Crippen molar-refractivity contribution in [3.63, 3.8) is 0 Å². The van der Waals surface area contributed by atoms with Crippen LogP contribution in [-0.2, 0) is 11.2 Å². The number of carbonyl (C=O) groups excluding carboxylic acids is 1. The Labute approximate surface area is 97.2 Å². The zero-order valence-corrected chi connectivity index (χ0v) is 9.39. The first-order valence-electron chi connectivity index (χ1n) is 3.76. The van der Waals surface area contributed by atoms with Gasteiger partial charge in [-0.2, -0.15) is 0 Å². The lowest BCUT2D eigenvalue weighted by molar-refractivity contribution is -0.385. The third-order valence-electron chi connectivity index (χ3n) is 1.71. The van der Waals surface area contributed by atoms with E-state index >= 15 is 0 Å². The minimum Gasteiger partial charge on any atom is -0.505 e. The Morgan fingerprint density at radius 1 is 1.60 bits per heavy atom. The molecule has 0 unspecified atom stereocenters. The van der Waals surface area contributed by atoms with E-state index in [-0.39, 0.29) is 5.56 Å². The normalized spacial score (nSPS) is 10.0. The Kier molecular flexibility index (Phi) is 3.56. The Morgan fingerprint density at radius 3 is 2.67 bits per heavy atom. The number of nitrogens with zero attached hydrogens (tertiary/aromatic N) is 1. The van der Waals surface area contributed by atoms with Gasteiger partial charge in [0.15, 0.2) is 15.4 Å². The van der Waals surface area contributed by atoms with E-state index in [2.05, 4.69) is 0 Å². The summed E-state index contributed by atoms with van der Waals surface area (Å²) in [6.07, 6.45) is -0.420. The fraction of sp³-hybridized carbons (Fsp3) is 0.125. The minimum absolute atomic E-state index is 0.389. The number of aromatic hydroxyl groups is 1. The predicted octanol–water partition coefficient (Wildman–Crippen LogP) is 1.94. The Morgan fingerprint density at radius 2 is 2.20 bits per heavy atom. The summed E-state index contributed by atoms with van der Waals surface area (Å²) >= 11 is 1.40. The van der Waals surface area contributed by atoms with Crippen molar-refractivity contribution in [2.45, 2.75) is 6.42 Å². The summed E-state index contributed by atoms with van der Waals surface area (Å²) in [7, 11) is 0. The Balaban J connectivity index is 3.34. The summed E-state index contributed by atoms with van der Waals surface area (Å²) in [6.45, 7) is 0. The Hall–Kier alpha value is -1.25. The third-order valence-corrected chi connectivity index (χ3v) is 2.09. The monoisotopic (exact) mass is 325 g/mol. The SMILES string of the molecule is O=C(I)Cc1c([N+](=O)[O-])ccc(O)c1F. The second-order valence-corrected chi connectivity index (χ2v) is 3.89. The van der Waals surface area contributed by atoms with E-state index in [1.807, 2.05) is 0 Å². The highest BCUT2D eigenvalue weighted by atomic mass is 127. The van der Waals surface area contributed by atoms with Crippen LogP contribution in [0.15, 0.2) is 12.1 Å². The number of nitro groups is 1. The van der Waals surface area contributed by atoms with Crippen LogP contribution >= 0.6 is 22.6 Å². The van der Waals surface area contributed by atoms with Gasteiger partial charge in [0, 0.05) is 6.07 Å². The number of phenols is 1. The lowest BCUT2D eigenvalue weighted by Crippen LogP contribution is -2.02. The molecular formula is C8H5FINO4. The molecule has 1 aromatic rings. The molecule has 1 rings (SSSR count). The van der Waals surface area contributed by atoms with Gasteiger partial charge in [0.2, 0.25) is 0 Å². The predicted molar refractivity (Wildman–Crippen MR) is 57.5 cm³/mol. The van der Waals surface area contributed by atoms with Crippen LogP contribution in [-0.4, -0.2) is 13.8 Å². The fourth-order valence-electron chi connectivity index (χ4n) is 1.08. The molecule has 80 valence electrons. The molecule has 0 heterocycles. The molecule has 1 aromatic carbocycles. The number of halogens is 2. The quantitative estimate of drug-likeness (QED) is 0.399. The first-order chi connectivity index (χ1) is 6.93. The first-order valence-corrected chi connectivity index (χ1v) is 4.84. The van der Waals surface area contributed by atoms with Crippen LogP contribution in [0, 0.1) is 15.9 Å². The van der Waals surface area contributed by atoms with Crippen LogP contribution in [0.2, 0.25) is 0 Å². The van der Waals surface area contributed by atoms with E-state index in [1.165, 1.54) is 22.6 Å². The number of hydrogen-bond donors (Lipinski definition) is 1. The maximum atomic E-state index is 13.3. The van der Waals surface area contributed by atoms with Crippen molar-refractivity contribution in [1.82, 2.24) is 0 Å². The highest BCUT2D eigenvalue weighted by Gasteiger charge is 2.22. The number of rotatable bonds is 3. The molecule has 0 saturated carbocycles. The molecule has 0 radical (unpaired) electrons. The zero-order chi connectivity index (χ0) is 11.6. The number of benzene rings is 1. The van der Waals surface area contributed by atoms with E-state index in [4.69, 9.17) is 5.11 Å². The standard InChI is InChI=1S/C8H5FINO4/c9-8-4(3-7(10)13)5(11(14)15)1-2-6(8)12/h1-2,12H,3H2. The fourth-order valence-corrected chi connectivity index (χ4v) is 1.46. The van der Waals surface area contributed by atoms with Crippen LogP contribution < -0.4 is 0 Å². The van der Waals surface area contributed by atoms with Gasteiger partial charge in [-0.05, 0) is 28.7 Å². The Bertz CT molecular complexity index is 435. The second-order valence-electron chi connectivity index (χ2n) is 2.69. The molecule has 0 saturated heterocycles. The molecule has 0 spiro atoms. The van der Waals surface area contributed by atoms with Gasteiger partial charge in [0.25, 0.3) is 5.69 Å². The average Bonchev–Trinajstić information content (AvgIpc) is 2.12. The van der Waals surface area contributed by atoms with E-state index in [1.54, 1.807) is 0 Å². The highest BCUT2D eigenvalue weighted by Crippen LogP contribution is 2.28. The second kappa shape index (κ2) is 4.51. The average molecular weight is 325 g/mol. The van der Waals surface area contributed by atoms with Crippen molar-refractivity contribution < 1.29 is 19.2 Å². The van der Waals surface area contributed by atoms with Crippen molar-refractivity contribution in [2.75, 3.05) is 0 Å². The summed E-state index contributed by atoms with van der Waals surface area (Å²) < 4.78 is 12.8. The van der Waals surface area contributed by atoms with Gasteiger partial charge in [-0.15, -0.1) is 0 Å². The van der Waals surface area contributed by atoms with Crippen molar-refractivity contribution in [3.8, 4) is 5.75 Å². The molecule has 5 nitrogen and oxygen atoms in total. The van der Waals surface area contributed by atoms with Crippen molar-refractivity contribution >= 4 is 32.1 Å². The molecule has 0 amide bonds. The minimum atomic E-state index is -1.12. The van der Waals surface area contributed by atoms with Crippen LogP contribution in [0.3, 0.4) is 0 Å². The maximum Gasteiger partial charge on any atom is 0.276 e. The highest BCUT2D eigenvalue weighted by molar-refractivity contribution is 14.1. The lowest BCUT2D eigenvalue weighted by atomic mass is 10.1.